The summed E-state index contributed by atoms with van der Waals surface area (Å²) >= 11 is 0. The van der Waals surface area contributed by atoms with Crippen LogP contribution in [-0.4, -0.2) is 9.55 Å². The van der Waals surface area contributed by atoms with E-state index in [0.717, 1.165) is 18.7 Å². The third-order valence-corrected chi connectivity index (χ3v) is 5.40. The summed E-state index contributed by atoms with van der Waals surface area (Å²) in [6.45, 7) is 6.91. The van der Waals surface area contributed by atoms with Gasteiger partial charge in [-0.15, -0.1) is 0 Å². The van der Waals surface area contributed by atoms with E-state index in [4.69, 9.17) is 0 Å². The maximum Gasteiger partial charge on any atom is 0.139 e. The fraction of sp³-hybridized carbons (Fsp3) is 0.318. The predicted molar refractivity (Wildman–Crippen MR) is 102 cm³/mol. The van der Waals surface area contributed by atoms with E-state index in [9.17, 15) is 0 Å². The highest BCUT2D eigenvalue weighted by atomic mass is 15.0. The van der Waals surface area contributed by atoms with Crippen molar-refractivity contribution in [3.8, 4) is 22.5 Å². The van der Waals surface area contributed by atoms with E-state index in [2.05, 4.69) is 85.9 Å². The third kappa shape index (κ3) is 2.89. The van der Waals surface area contributed by atoms with Crippen LogP contribution in [0.15, 0.2) is 60.9 Å². The smallest absolute Gasteiger partial charge is 0.139 e. The molecule has 0 aliphatic heterocycles. The Hall–Kier alpha value is -2.35. The van der Waals surface area contributed by atoms with Gasteiger partial charge in [0.15, 0.2) is 0 Å². The van der Waals surface area contributed by atoms with Crippen LogP contribution in [0.1, 0.15) is 39.2 Å². The lowest BCUT2D eigenvalue weighted by molar-refractivity contribution is 0.440. The monoisotopic (exact) mass is 318 g/mol. The Labute approximate surface area is 145 Å². The first-order valence-electron chi connectivity index (χ1n) is 8.76. The summed E-state index contributed by atoms with van der Waals surface area (Å²) in [5, 5.41) is 0. The van der Waals surface area contributed by atoms with Crippen molar-refractivity contribution < 1.29 is 0 Å². The first-order chi connectivity index (χ1) is 11.6. The average Bonchev–Trinajstić information content (AvgIpc) is 3.07. The van der Waals surface area contributed by atoms with Crippen molar-refractivity contribution in [1.29, 1.82) is 0 Å². The van der Waals surface area contributed by atoms with Gasteiger partial charge in [-0.1, -0.05) is 63.2 Å². The Kier molecular flexibility index (Phi) is 4.57. The van der Waals surface area contributed by atoms with E-state index in [0.29, 0.717) is 0 Å². The van der Waals surface area contributed by atoms with E-state index in [-0.39, 0.29) is 5.41 Å². The van der Waals surface area contributed by atoms with E-state index >= 15 is 0 Å². The fourth-order valence-electron chi connectivity index (χ4n) is 3.32. The van der Waals surface area contributed by atoms with Crippen LogP contribution >= 0.6 is 0 Å². The van der Waals surface area contributed by atoms with Gasteiger partial charge in [0.05, 0.1) is 0 Å². The lowest BCUT2D eigenvalue weighted by atomic mass is 9.75. The number of hydrogen-bond donors (Lipinski definition) is 0. The molecule has 0 N–H and O–H groups in total. The van der Waals surface area contributed by atoms with Crippen molar-refractivity contribution in [2.24, 2.45) is 7.05 Å². The van der Waals surface area contributed by atoms with Gasteiger partial charge in [0, 0.05) is 25.0 Å². The van der Waals surface area contributed by atoms with E-state index in [1.54, 1.807) is 0 Å². The summed E-state index contributed by atoms with van der Waals surface area (Å²) in [6.07, 6.45) is 6.13. The summed E-state index contributed by atoms with van der Waals surface area (Å²) in [4.78, 5) is 4.63. The number of nitrogens with zero attached hydrogens (tertiary/aromatic N) is 2. The third-order valence-electron chi connectivity index (χ3n) is 5.40. The largest absolute Gasteiger partial charge is 0.334 e. The zero-order chi connectivity index (χ0) is 17.2. The van der Waals surface area contributed by atoms with Crippen LogP contribution in [0.5, 0.6) is 0 Å². The maximum absolute atomic E-state index is 4.63. The molecule has 24 heavy (non-hydrogen) atoms. The van der Waals surface area contributed by atoms with Crippen molar-refractivity contribution in [3.63, 3.8) is 0 Å². The molecule has 3 aromatic rings. The van der Waals surface area contributed by atoms with Gasteiger partial charge < -0.3 is 4.57 Å². The standard InChI is InChI=1S/C22H26N2/c1-5-22(3,6-2)20-13-12-18(17-10-8-7-9-11-17)16-19(20)21-23-14-15-24(21)4/h7-16H,5-6H2,1-4H3. The minimum atomic E-state index is 0.163. The molecule has 0 saturated heterocycles. The summed E-state index contributed by atoms with van der Waals surface area (Å²) in [5.74, 6) is 1.04. The highest BCUT2D eigenvalue weighted by molar-refractivity contribution is 5.73. The quantitative estimate of drug-likeness (QED) is 0.578. The Morgan fingerprint density at radius 3 is 2.25 bits per heavy atom. The van der Waals surface area contributed by atoms with Crippen LogP contribution in [0, 0.1) is 0 Å². The average molecular weight is 318 g/mol. The molecule has 0 amide bonds. The Balaban J connectivity index is 2.22. The van der Waals surface area contributed by atoms with Gasteiger partial charge in [0.2, 0.25) is 0 Å². The fourth-order valence-corrected chi connectivity index (χ4v) is 3.32. The topological polar surface area (TPSA) is 17.8 Å². The van der Waals surface area contributed by atoms with Gasteiger partial charge in [0.1, 0.15) is 5.82 Å². The number of hydrogen-bond acceptors (Lipinski definition) is 1. The predicted octanol–water partition coefficient (Wildman–Crippen LogP) is 5.83. The molecule has 2 heteroatoms. The van der Waals surface area contributed by atoms with Gasteiger partial charge in [-0.25, -0.2) is 4.98 Å². The van der Waals surface area contributed by atoms with Gasteiger partial charge in [-0.3, -0.25) is 0 Å². The number of rotatable bonds is 5. The molecule has 124 valence electrons. The number of aryl methyl sites for hydroxylation is 1. The summed E-state index contributed by atoms with van der Waals surface area (Å²) in [6, 6.07) is 17.4. The van der Waals surface area contributed by atoms with Crippen LogP contribution in [0.2, 0.25) is 0 Å². The van der Waals surface area contributed by atoms with Crippen molar-refractivity contribution >= 4 is 0 Å². The molecule has 1 heterocycles. The number of aromatic nitrogens is 2. The molecule has 2 aromatic carbocycles. The highest BCUT2D eigenvalue weighted by Crippen LogP contribution is 2.39. The lowest BCUT2D eigenvalue weighted by Gasteiger charge is -2.30. The molecule has 0 fully saturated rings. The summed E-state index contributed by atoms with van der Waals surface area (Å²) < 4.78 is 2.11. The maximum atomic E-state index is 4.63. The molecule has 0 aliphatic rings. The molecule has 3 rings (SSSR count). The number of imidazole rings is 1. The zero-order valence-corrected chi connectivity index (χ0v) is 15.1. The Bertz CT molecular complexity index is 811. The van der Waals surface area contributed by atoms with Crippen molar-refractivity contribution in [2.75, 3.05) is 0 Å². The van der Waals surface area contributed by atoms with E-state index < -0.39 is 0 Å². The van der Waals surface area contributed by atoms with Crippen LogP contribution in [-0.2, 0) is 12.5 Å². The van der Waals surface area contributed by atoms with Gasteiger partial charge in [-0.05, 0) is 41.0 Å². The highest BCUT2D eigenvalue weighted by Gasteiger charge is 2.27. The molecule has 0 saturated carbocycles. The summed E-state index contributed by atoms with van der Waals surface area (Å²) in [7, 11) is 2.07. The molecule has 0 atom stereocenters. The van der Waals surface area contributed by atoms with Crippen LogP contribution < -0.4 is 0 Å². The molecule has 0 radical (unpaired) electrons. The molecule has 0 bridgehead atoms. The molecule has 0 unspecified atom stereocenters. The normalized spacial score (nSPS) is 11.7. The van der Waals surface area contributed by atoms with Gasteiger partial charge in [-0.2, -0.15) is 0 Å². The SMILES string of the molecule is CCC(C)(CC)c1ccc(-c2ccccc2)cc1-c1nccn1C. The molecular weight excluding hydrogens is 292 g/mol. The molecular formula is C22H26N2. The number of benzene rings is 2. The van der Waals surface area contributed by atoms with E-state index in [1.165, 1.54) is 22.3 Å². The second kappa shape index (κ2) is 6.64. The minimum absolute atomic E-state index is 0.163. The Morgan fingerprint density at radius 1 is 0.958 bits per heavy atom. The van der Waals surface area contributed by atoms with Crippen molar-refractivity contribution in [2.45, 2.75) is 39.0 Å². The van der Waals surface area contributed by atoms with Gasteiger partial charge >= 0.3 is 0 Å². The lowest BCUT2D eigenvalue weighted by Crippen LogP contribution is -2.21. The Morgan fingerprint density at radius 2 is 1.67 bits per heavy atom. The molecule has 2 nitrogen and oxygen atoms in total. The van der Waals surface area contributed by atoms with Crippen LogP contribution in [0.25, 0.3) is 22.5 Å². The van der Waals surface area contributed by atoms with Crippen LogP contribution in [0.4, 0.5) is 0 Å². The minimum Gasteiger partial charge on any atom is -0.334 e. The van der Waals surface area contributed by atoms with E-state index in [1.807, 2.05) is 12.4 Å². The van der Waals surface area contributed by atoms with Gasteiger partial charge in [0.25, 0.3) is 0 Å². The van der Waals surface area contributed by atoms with Crippen molar-refractivity contribution in [3.05, 3.63) is 66.5 Å². The van der Waals surface area contributed by atoms with Crippen LogP contribution in [0.3, 0.4) is 0 Å². The molecule has 1 aromatic heterocycles. The first kappa shape index (κ1) is 16.5. The van der Waals surface area contributed by atoms with Crippen molar-refractivity contribution in [1.82, 2.24) is 9.55 Å². The molecule has 0 spiro atoms. The second-order valence-electron chi connectivity index (χ2n) is 6.76. The second-order valence-corrected chi connectivity index (χ2v) is 6.76. The first-order valence-corrected chi connectivity index (χ1v) is 8.76. The zero-order valence-electron chi connectivity index (χ0n) is 15.1. The molecule has 0 aliphatic carbocycles. The summed E-state index contributed by atoms with van der Waals surface area (Å²) in [5.41, 5.74) is 5.29.